The van der Waals surface area contributed by atoms with Gasteiger partial charge in [-0.2, -0.15) is 0 Å². The number of benzene rings is 2. The standard InChI is InChI=1S/C27H30N4O3/c1-30-15-17-31(18-16-30)27(33)22-7-5-21(6-8-22)25-19-23(12-14-28-25)26(32)29-13-11-20-3-9-24(34-2)10-4-20/h3-10,12,14,19H,11,13,15-18H2,1-2H3,(H,29,32). The number of ether oxygens (including phenoxy) is 1. The molecule has 7 heteroatoms. The summed E-state index contributed by atoms with van der Waals surface area (Å²) < 4.78 is 5.17. The zero-order valence-corrected chi connectivity index (χ0v) is 19.7. The number of pyridine rings is 1. The predicted molar refractivity (Wildman–Crippen MR) is 132 cm³/mol. The van der Waals surface area contributed by atoms with Crippen LogP contribution in [0.25, 0.3) is 11.3 Å². The van der Waals surface area contributed by atoms with Gasteiger partial charge in [-0.15, -0.1) is 0 Å². The molecule has 7 nitrogen and oxygen atoms in total. The summed E-state index contributed by atoms with van der Waals surface area (Å²) in [7, 11) is 3.71. The maximum atomic E-state index is 12.8. The molecule has 0 aliphatic carbocycles. The number of hydrogen-bond acceptors (Lipinski definition) is 5. The van der Waals surface area contributed by atoms with Gasteiger partial charge in [-0.25, -0.2) is 0 Å². The molecule has 0 unspecified atom stereocenters. The predicted octanol–water partition coefficient (Wildman–Crippen LogP) is 3.12. The van der Waals surface area contributed by atoms with Gasteiger partial charge in [-0.3, -0.25) is 14.6 Å². The molecule has 4 rings (SSSR count). The Morgan fingerprint density at radius 1 is 0.941 bits per heavy atom. The molecule has 1 saturated heterocycles. The van der Waals surface area contributed by atoms with E-state index in [2.05, 4.69) is 22.2 Å². The molecular weight excluding hydrogens is 428 g/mol. The molecule has 0 radical (unpaired) electrons. The van der Waals surface area contributed by atoms with Crippen LogP contribution in [0.3, 0.4) is 0 Å². The first-order valence-electron chi connectivity index (χ1n) is 11.5. The number of nitrogens with one attached hydrogen (secondary N) is 1. The van der Waals surface area contributed by atoms with Crippen molar-refractivity contribution >= 4 is 11.8 Å². The quantitative estimate of drug-likeness (QED) is 0.589. The summed E-state index contributed by atoms with van der Waals surface area (Å²) in [6, 6.07) is 18.7. The number of aromatic nitrogens is 1. The van der Waals surface area contributed by atoms with E-state index in [0.29, 0.717) is 23.4 Å². The first-order chi connectivity index (χ1) is 16.5. The lowest BCUT2D eigenvalue weighted by molar-refractivity contribution is 0.0664. The van der Waals surface area contributed by atoms with E-state index in [-0.39, 0.29) is 11.8 Å². The van der Waals surface area contributed by atoms with Crippen LogP contribution < -0.4 is 10.1 Å². The second kappa shape index (κ2) is 10.9. The lowest BCUT2D eigenvalue weighted by Gasteiger charge is -2.32. The molecule has 1 N–H and O–H groups in total. The number of hydrogen-bond donors (Lipinski definition) is 1. The number of carbonyl (C=O) groups excluding carboxylic acids is 2. The number of methoxy groups -OCH3 is 1. The van der Waals surface area contributed by atoms with Gasteiger partial charge in [-0.1, -0.05) is 24.3 Å². The Balaban J connectivity index is 1.35. The van der Waals surface area contributed by atoms with E-state index >= 15 is 0 Å². The van der Waals surface area contributed by atoms with Crippen molar-refractivity contribution in [1.29, 1.82) is 0 Å². The van der Waals surface area contributed by atoms with E-state index in [4.69, 9.17) is 4.74 Å². The summed E-state index contributed by atoms with van der Waals surface area (Å²) in [4.78, 5) is 33.9. The van der Waals surface area contributed by atoms with Crippen LogP contribution in [0.4, 0.5) is 0 Å². The SMILES string of the molecule is COc1ccc(CCNC(=O)c2ccnc(-c3ccc(C(=O)N4CCN(C)CC4)cc3)c2)cc1. The number of rotatable bonds is 7. The molecule has 2 heterocycles. The molecule has 2 amide bonds. The van der Waals surface area contributed by atoms with Crippen molar-refractivity contribution in [2.24, 2.45) is 0 Å². The highest BCUT2D eigenvalue weighted by Gasteiger charge is 2.20. The van der Waals surface area contributed by atoms with Crippen molar-refractivity contribution in [2.75, 3.05) is 46.9 Å². The van der Waals surface area contributed by atoms with Crippen molar-refractivity contribution in [3.63, 3.8) is 0 Å². The summed E-state index contributed by atoms with van der Waals surface area (Å²) in [6.07, 6.45) is 2.37. The zero-order valence-electron chi connectivity index (χ0n) is 19.7. The Morgan fingerprint density at radius 3 is 2.32 bits per heavy atom. The molecule has 0 saturated carbocycles. The third-order valence-electron chi connectivity index (χ3n) is 6.10. The van der Waals surface area contributed by atoms with Crippen LogP contribution in [0, 0.1) is 0 Å². The maximum absolute atomic E-state index is 12.8. The summed E-state index contributed by atoms with van der Waals surface area (Å²) in [6.45, 7) is 3.81. The van der Waals surface area contributed by atoms with Gasteiger partial charge in [0.25, 0.3) is 11.8 Å². The molecule has 3 aromatic rings. The van der Waals surface area contributed by atoms with E-state index in [1.165, 1.54) is 0 Å². The van der Waals surface area contributed by atoms with Gasteiger partial charge < -0.3 is 19.9 Å². The van der Waals surface area contributed by atoms with E-state index < -0.39 is 0 Å². The molecule has 1 aliphatic heterocycles. The highest BCUT2D eigenvalue weighted by atomic mass is 16.5. The monoisotopic (exact) mass is 458 g/mol. The third-order valence-corrected chi connectivity index (χ3v) is 6.10. The molecule has 176 valence electrons. The molecule has 2 aromatic carbocycles. The van der Waals surface area contributed by atoms with Crippen molar-refractivity contribution < 1.29 is 14.3 Å². The van der Waals surface area contributed by atoms with Crippen molar-refractivity contribution in [3.8, 4) is 17.0 Å². The van der Waals surface area contributed by atoms with Gasteiger partial charge >= 0.3 is 0 Å². The second-order valence-electron chi connectivity index (χ2n) is 8.46. The van der Waals surface area contributed by atoms with Gasteiger partial charge in [0, 0.05) is 55.6 Å². The summed E-state index contributed by atoms with van der Waals surface area (Å²) >= 11 is 0. The van der Waals surface area contributed by atoms with E-state index in [1.54, 1.807) is 25.4 Å². The van der Waals surface area contributed by atoms with E-state index in [0.717, 1.165) is 49.5 Å². The van der Waals surface area contributed by atoms with E-state index in [1.807, 2.05) is 53.4 Å². The molecular formula is C27H30N4O3. The molecule has 0 spiro atoms. The average molecular weight is 459 g/mol. The Kier molecular flexibility index (Phi) is 7.54. The number of piperazine rings is 1. The fourth-order valence-electron chi connectivity index (χ4n) is 3.92. The minimum absolute atomic E-state index is 0.0533. The summed E-state index contributed by atoms with van der Waals surface area (Å²) in [5.74, 6) is 0.727. The fourth-order valence-corrected chi connectivity index (χ4v) is 3.92. The van der Waals surface area contributed by atoms with Crippen LogP contribution in [-0.4, -0.2) is 73.5 Å². The molecule has 1 aromatic heterocycles. The van der Waals surface area contributed by atoms with Crippen molar-refractivity contribution in [1.82, 2.24) is 20.1 Å². The van der Waals surface area contributed by atoms with Gasteiger partial charge in [0.05, 0.1) is 12.8 Å². The maximum Gasteiger partial charge on any atom is 0.253 e. The summed E-state index contributed by atoms with van der Waals surface area (Å²) in [5, 5.41) is 2.97. The zero-order chi connectivity index (χ0) is 23.9. The number of nitrogens with zero attached hydrogens (tertiary/aromatic N) is 3. The lowest BCUT2D eigenvalue weighted by atomic mass is 10.1. The van der Waals surface area contributed by atoms with Gasteiger partial charge in [0.1, 0.15) is 5.75 Å². The van der Waals surface area contributed by atoms with Crippen LogP contribution in [-0.2, 0) is 6.42 Å². The van der Waals surface area contributed by atoms with E-state index in [9.17, 15) is 9.59 Å². The molecule has 1 fully saturated rings. The van der Waals surface area contributed by atoms with Crippen LogP contribution in [0.5, 0.6) is 5.75 Å². The largest absolute Gasteiger partial charge is 0.497 e. The minimum Gasteiger partial charge on any atom is -0.497 e. The average Bonchev–Trinajstić information content (AvgIpc) is 2.89. The second-order valence-corrected chi connectivity index (χ2v) is 8.46. The normalized spacial score (nSPS) is 14.0. The highest BCUT2D eigenvalue weighted by Crippen LogP contribution is 2.20. The Labute approximate surface area is 200 Å². The topological polar surface area (TPSA) is 74.8 Å². The number of amides is 2. The van der Waals surface area contributed by atoms with Gasteiger partial charge in [0.2, 0.25) is 0 Å². The van der Waals surface area contributed by atoms with Crippen LogP contribution >= 0.6 is 0 Å². The minimum atomic E-state index is -0.140. The Morgan fingerprint density at radius 2 is 1.65 bits per heavy atom. The smallest absolute Gasteiger partial charge is 0.253 e. The third kappa shape index (κ3) is 5.80. The molecule has 0 bridgehead atoms. The molecule has 1 aliphatic rings. The first kappa shape index (κ1) is 23.4. The van der Waals surface area contributed by atoms with Gasteiger partial charge in [0.15, 0.2) is 0 Å². The Hall–Kier alpha value is -3.71. The van der Waals surface area contributed by atoms with Crippen LogP contribution in [0.2, 0.25) is 0 Å². The molecule has 34 heavy (non-hydrogen) atoms. The molecule has 0 atom stereocenters. The lowest BCUT2D eigenvalue weighted by Crippen LogP contribution is -2.47. The van der Waals surface area contributed by atoms with Gasteiger partial charge in [-0.05, 0) is 55.4 Å². The fraction of sp³-hybridized carbons (Fsp3) is 0.296. The Bertz CT molecular complexity index is 1120. The first-order valence-corrected chi connectivity index (χ1v) is 11.5. The van der Waals surface area contributed by atoms with Crippen LogP contribution in [0.1, 0.15) is 26.3 Å². The van der Waals surface area contributed by atoms with Crippen molar-refractivity contribution in [2.45, 2.75) is 6.42 Å². The number of carbonyl (C=O) groups is 2. The number of likely N-dealkylation sites (N-methyl/N-ethyl adjacent to an activating group) is 1. The van der Waals surface area contributed by atoms with Crippen molar-refractivity contribution in [3.05, 3.63) is 83.6 Å². The highest BCUT2D eigenvalue weighted by molar-refractivity contribution is 5.96. The summed E-state index contributed by atoms with van der Waals surface area (Å²) in [5.41, 5.74) is 3.91. The van der Waals surface area contributed by atoms with Crippen LogP contribution in [0.15, 0.2) is 66.9 Å².